The first-order chi connectivity index (χ1) is 8.65. The summed E-state index contributed by atoms with van der Waals surface area (Å²) in [6, 6.07) is 8.08. The van der Waals surface area contributed by atoms with Gasteiger partial charge in [0.1, 0.15) is 5.82 Å². The number of nitrogens with one attached hydrogen (secondary N) is 1. The van der Waals surface area contributed by atoms with Crippen molar-refractivity contribution in [2.45, 2.75) is 12.8 Å². The molecule has 0 fully saturated rings. The SMILES string of the molecule is O=C(CCc1cccs1)Nc1ccc(F)c(Cl)c1. The van der Waals surface area contributed by atoms with Crippen LogP contribution in [0.5, 0.6) is 0 Å². The number of benzene rings is 1. The molecule has 0 aliphatic carbocycles. The van der Waals surface area contributed by atoms with Crippen LogP contribution in [-0.2, 0) is 11.2 Å². The van der Waals surface area contributed by atoms with Gasteiger partial charge in [0.25, 0.3) is 0 Å². The van der Waals surface area contributed by atoms with Crippen LogP contribution in [0.3, 0.4) is 0 Å². The van der Waals surface area contributed by atoms with E-state index in [4.69, 9.17) is 11.6 Å². The molecule has 0 bridgehead atoms. The van der Waals surface area contributed by atoms with Crippen LogP contribution in [-0.4, -0.2) is 5.91 Å². The lowest BCUT2D eigenvalue weighted by Gasteiger charge is -2.05. The minimum Gasteiger partial charge on any atom is -0.326 e. The monoisotopic (exact) mass is 283 g/mol. The summed E-state index contributed by atoms with van der Waals surface area (Å²) in [4.78, 5) is 12.8. The molecule has 5 heteroatoms. The molecule has 0 saturated carbocycles. The highest BCUT2D eigenvalue weighted by atomic mass is 35.5. The fourth-order valence-electron chi connectivity index (χ4n) is 1.49. The first kappa shape index (κ1) is 13.1. The van der Waals surface area contributed by atoms with Gasteiger partial charge >= 0.3 is 0 Å². The van der Waals surface area contributed by atoms with E-state index >= 15 is 0 Å². The second kappa shape index (κ2) is 5.98. The van der Waals surface area contributed by atoms with E-state index in [0.29, 0.717) is 18.5 Å². The maximum Gasteiger partial charge on any atom is 0.224 e. The minimum atomic E-state index is -0.492. The predicted molar refractivity (Wildman–Crippen MR) is 72.7 cm³/mol. The molecule has 0 aliphatic rings. The Bertz CT molecular complexity index is 542. The number of rotatable bonds is 4. The lowest BCUT2D eigenvalue weighted by atomic mass is 10.2. The number of thiophene rings is 1. The van der Waals surface area contributed by atoms with Gasteiger partial charge in [-0.2, -0.15) is 0 Å². The highest BCUT2D eigenvalue weighted by molar-refractivity contribution is 7.09. The number of hydrogen-bond donors (Lipinski definition) is 1. The molecule has 1 aromatic heterocycles. The van der Waals surface area contributed by atoms with Gasteiger partial charge in [-0.15, -0.1) is 11.3 Å². The zero-order valence-corrected chi connectivity index (χ0v) is 11.0. The molecule has 2 nitrogen and oxygen atoms in total. The largest absolute Gasteiger partial charge is 0.326 e. The smallest absolute Gasteiger partial charge is 0.224 e. The van der Waals surface area contributed by atoms with Crippen molar-refractivity contribution in [2.24, 2.45) is 0 Å². The molecule has 1 N–H and O–H groups in total. The maximum absolute atomic E-state index is 12.9. The molecule has 0 radical (unpaired) electrons. The molecular formula is C13H11ClFNOS. The first-order valence-corrected chi connectivity index (χ1v) is 6.68. The lowest BCUT2D eigenvalue weighted by Crippen LogP contribution is -2.12. The van der Waals surface area contributed by atoms with E-state index in [9.17, 15) is 9.18 Å². The number of amides is 1. The first-order valence-electron chi connectivity index (χ1n) is 5.42. The summed E-state index contributed by atoms with van der Waals surface area (Å²) in [6.45, 7) is 0. The molecule has 0 aliphatic heterocycles. The highest BCUT2D eigenvalue weighted by Gasteiger charge is 2.06. The Balaban J connectivity index is 1.88. The van der Waals surface area contributed by atoms with Crippen LogP contribution in [0.1, 0.15) is 11.3 Å². The van der Waals surface area contributed by atoms with Crippen LogP contribution in [0, 0.1) is 5.82 Å². The third-order valence-electron chi connectivity index (χ3n) is 2.38. The van der Waals surface area contributed by atoms with Crippen LogP contribution >= 0.6 is 22.9 Å². The Kier molecular flexibility index (Phi) is 4.33. The minimum absolute atomic E-state index is 0.00561. The normalized spacial score (nSPS) is 10.3. The average Bonchev–Trinajstić information content (AvgIpc) is 2.84. The van der Waals surface area contributed by atoms with Crippen LogP contribution in [0.2, 0.25) is 5.02 Å². The Morgan fingerprint density at radius 1 is 1.39 bits per heavy atom. The number of aryl methyl sites for hydroxylation is 1. The molecule has 2 aromatic rings. The summed E-state index contributed by atoms with van der Waals surface area (Å²) in [5, 5.41) is 4.67. The van der Waals surface area contributed by atoms with Gasteiger partial charge in [0, 0.05) is 17.0 Å². The fourth-order valence-corrected chi connectivity index (χ4v) is 2.38. The number of anilines is 1. The molecule has 0 saturated heterocycles. The van der Waals surface area contributed by atoms with E-state index in [1.54, 1.807) is 11.3 Å². The standard InChI is InChI=1S/C13H11ClFNOS/c14-11-8-9(3-5-12(11)15)16-13(17)6-4-10-2-1-7-18-10/h1-3,5,7-8H,4,6H2,(H,16,17). The van der Waals surface area contributed by atoms with Crippen LogP contribution in [0.15, 0.2) is 35.7 Å². The number of carbonyl (C=O) groups excluding carboxylic acids is 1. The van der Waals surface area contributed by atoms with Crippen LogP contribution in [0.4, 0.5) is 10.1 Å². The van der Waals surface area contributed by atoms with Gasteiger partial charge in [-0.25, -0.2) is 4.39 Å². The Morgan fingerprint density at radius 3 is 2.89 bits per heavy atom. The van der Waals surface area contributed by atoms with Gasteiger partial charge in [0.05, 0.1) is 5.02 Å². The van der Waals surface area contributed by atoms with Crippen molar-refractivity contribution in [3.63, 3.8) is 0 Å². The van der Waals surface area contributed by atoms with Crippen molar-refractivity contribution in [1.82, 2.24) is 0 Å². The number of halogens is 2. The molecule has 1 aromatic carbocycles. The molecule has 0 atom stereocenters. The Labute approximate surface area is 113 Å². The van der Waals surface area contributed by atoms with E-state index < -0.39 is 5.82 Å². The molecule has 1 heterocycles. The molecule has 0 spiro atoms. The number of carbonyl (C=O) groups is 1. The van der Waals surface area contributed by atoms with Crippen molar-refractivity contribution >= 4 is 34.5 Å². The Hall–Kier alpha value is -1.39. The quantitative estimate of drug-likeness (QED) is 0.899. The molecule has 94 valence electrons. The molecule has 18 heavy (non-hydrogen) atoms. The summed E-state index contributed by atoms with van der Waals surface area (Å²) in [5.41, 5.74) is 0.512. The van der Waals surface area contributed by atoms with Crippen molar-refractivity contribution < 1.29 is 9.18 Å². The van der Waals surface area contributed by atoms with Crippen molar-refractivity contribution in [3.05, 3.63) is 51.4 Å². The molecular weight excluding hydrogens is 273 g/mol. The van der Waals surface area contributed by atoms with Gasteiger partial charge in [-0.3, -0.25) is 4.79 Å². The summed E-state index contributed by atoms with van der Waals surface area (Å²) in [7, 11) is 0. The van der Waals surface area contributed by atoms with E-state index in [0.717, 1.165) is 0 Å². The van der Waals surface area contributed by atoms with E-state index in [2.05, 4.69) is 5.32 Å². The van der Waals surface area contributed by atoms with Crippen molar-refractivity contribution in [1.29, 1.82) is 0 Å². The molecule has 0 unspecified atom stereocenters. The zero-order valence-electron chi connectivity index (χ0n) is 9.45. The summed E-state index contributed by atoms with van der Waals surface area (Å²) < 4.78 is 12.9. The van der Waals surface area contributed by atoms with E-state index in [1.165, 1.54) is 23.1 Å². The molecule has 2 rings (SSSR count). The Morgan fingerprint density at radius 2 is 2.22 bits per heavy atom. The van der Waals surface area contributed by atoms with Crippen molar-refractivity contribution in [2.75, 3.05) is 5.32 Å². The molecule has 1 amide bonds. The van der Waals surface area contributed by atoms with Crippen molar-refractivity contribution in [3.8, 4) is 0 Å². The average molecular weight is 284 g/mol. The summed E-state index contributed by atoms with van der Waals surface area (Å²) in [6.07, 6.45) is 1.11. The predicted octanol–water partition coefficient (Wildman–Crippen LogP) is 4.11. The highest BCUT2D eigenvalue weighted by Crippen LogP contribution is 2.19. The summed E-state index contributed by atoms with van der Waals surface area (Å²) >= 11 is 7.26. The van der Waals surface area contributed by atoms with Crippen LogP contribution in [0.25, 0.3) is 0 Å². The van der Waals surface area contributed by atoms with Gasteiger partial charge in [-0.1, -0.05) is 17.7 Å². The zero-order chi connectivity index (χ0) is 13.0. The maximum atomic E-state index is 12.9. The fraction of sp³-hybridized carbons (Fsp3) is 0.154. The van der Waals surface area contributed by atoms with Gasteiger partial charge in [-0.05, 0) is 36.1 Å². The second-order valence-corrected chi connectivity index (χ2v) is 5.20. The van der Waals surface area contributed by atoms with E-state index in [-0.39, 0.29) is 10.9 Å². The van der Waals surface area contributed by atoms with Gasteiger partial charge in [0.15, 0.2) is 0 Å². The number of hydrogen-bond acceptors (Lipinski definition) is 2. The van der Waals surface area contributed by atoms with E-state index in [1.807, 2.05) is 17.5 Å². The van der Waals surface area contributed by atoms with Crippen LogP contribution < -0.4 is 5.32 Å². The summed E-state index contributed by atoms with van der Waals surface area (Å²) in [5.74, 6) is -0.598. The topological polar surface area (TPSA) is 29.1 Å². The van der Waals surface area contributed by atoms with Gasteiger partial charge in [0.2, 0.25) is 5.91 Å². The third-order valence-corrected chi connectivity index (χ3v) is 3.61. The van der Waals surface area contributed by atoms with Gasteiger partial charge < -0.3 is 5.32 Å². The second-order valence-electron chi connectivity index (χ2n) is 3.76. The third kappa shape index (κ3) is 3.55. The lowest BCUT2D eigenvalue weighted by molar-refractivity contribution is -0.116.